The van der Waals surface area contributed by atoms with Gasteiger partial charge in [0.1, 0.15) is 6.61 Å². The van der Waals surface area contributed by atoms with E-state index < -0.39 is 0 Å². The first kappa shape index (κ1) is 6.32. The van der Waals surface area contributed by atoms with Crippen LogP contribution in [0.1, 0.15) is 5.56 Å². The fourth-order valence-corrected chi connectivity index (χ4v) is 0.502. The monoisotopic (exact) mass is 128 g/mol. The molecule has 0 atom stereocenters. The Morgan fingerprint density at radius 1 is 1.67 bits per heavy atom. The lowest BCUT2D eigenvalue weighted by Crippen LogP contribution is -1.87. The van der Waals surface area contributed by atoms with E-state index in [0.29, 0.717) is 6.61 Å². The maximum Gasteiger partial charge on any atom is 0.110 e. The molecule has 1 aromatic heterocycles. The molecular formula is C6H8O3. The standard InChI is InChI=1S/C6H8O3/c1-7-9-5-6-2-3-8-4-6/h2-4H,5H2,1H3. The van der Waals surface area contributed by atoms with Crippen molar-refractivity contribution in [1.29, 1.82) is 0 Å². The Hall–Kier alpha value is -0.800. The Kier molecular flexibility index (Phi) is 2.30. The molecule has 1 heterocycles. The van der Waals surface area contributed by atoms with E-state index in [4.69, 9.17) is 4.42 Å². The second-order valence-corrected chi connectivity index (χ2v) is 1.56. The van der Waals surface area contributed by atoms with Gasteiger partial charge in [-0.15, -0.1) is 0 Å². The van der Waals surface area contributed by atoms with Crippen LogP contribution in [-0.2, 0) is 16.4 Å². The van der Waals surface area contributed by atoms with Gasteiger partial charge in [0.25, 0.3) is 0 Å². The minimum absolute atomic E-state index is 0.438. The highest BCUT2D eigenvalue weighted by Crippen LogP contribution is 2.00. The van der Waals surface area contributed by atoms with Crippen LogP contribution in [0.25, 0.3) is 0 Å². The van der Waals surface area contributed by atoms with Crippen LogP contribution in [-0.4, -0.2) is 7.11 Å². The van der Waals surface area contributed by atoms with E-state index in [9.17, 15) is 0 Å². The molecule has 0 bridgehead atoms. The van der Waals surface area contributed by atoms with Gasteiger partial charge in [-0.1, -0.05) is 0 Å². The maximum atomic E-state index is 4.78. The van der Waals surface area contributed by atoms with Crippen LogP contribution >= 0.6 is 0 Å². The summed E-state index contributed by atoms with van der Waals surface area (Å²) in [7, 11) is 1.47. The second kappa shape index (κ2) is 3.27. The Morgan fingerprint density at radius 2 is 2.56 bits per heavy atom. The topological polar surface area (TPSA) is 31.6 Å². The van der Waals surface area contributed by atoms with E-state index in [-0.39, 0.29) is 0 Å². The highest BCUT2D eigenvalue weighted by atomic mass is 17.2. The average molecular weight is 128 g/mol. The highest BCUT2D eigenvalue weighted by molar-refractivity contribution is 5.02. The zero-order valence-electron chi connectivity index (χ0n) is 5.16. The summed E-state index contributed by atoms with van der Waals surface area (Å²) in [6.45, 7) is 0.438. The molecule has 0 saturated carbocycles. The Balaban J connectivity index is 2.30. The van der Waals surface area contributed by atoms with Crippen molar-refractivity contribution in [2.75, 3.05) is 7.11 Å². The molecule has 0 spiro atoms. The number of hydrogen-bond donors (Lipinski definition) is 0. The van der Waals surface area contributed by atoms with Gasteiger partial charge in [0.05, 0.1) is 19.6 Å². The largest absolute Gasteiger partial charge is 0.472 e. The van der Waals surface area contributed by atoms with E-state index in [1.807, 2.05) is 6.07 Å². The number of hydrogen-bond acceptors (Lipinski definition) is 3. The first-order chi connectivity index (χ1) is 4.43. The smallest absolute Gasteiger partial charge is 0.110 e. The summed E-state index contributed by atoms with van der Waals surface area (Å²) in [5.74, 6) is 0. The summed E-state index contributed by atoms with van der Waals surface area (Å²) in [5, 5.41) is 0. The molecular weight excluding hydrogens is 120 g/mol. The fraction of sp³-hybridized carbons (Fsp3) is 0.333. The van der Waals surface area contributed by atoms with Crippen molar-refractivity contribution in [3.63, 3.8) is 0 Å². The summed E-state index contributed by atoms with van der Waals surface area (Å²) < 4.78 is 4.78. The first-order valence-corrected chi connectivity index (χ1v) is 2.60. The summed E-state index contributed by atoms with van der Waals surface area (Å²) in [6, 6.07) is 1.82. The van der Waals surface area contributed by atoms with Crippen LogP contribution in [0.5, 0.6) is 0 Å². The van der Waals surface area contributed by atoms with Gasteiger partial charge in [0.15, 0.2) is 0 Å². The van der Waals surface area contributed by atoms with Gasteiger partial charge in [-0.25, -0.2) is 9.78 Å². The highest BCUT2D eigenvalue weighted by Gasteiger charge is 1.91. The normalized spacial score (nSPS) is 9.89. The molecule has 0 fully saturated rings. The molecule has 0 aliphatic carbocycles. The minimum Gasteiger partial charge on any atom is -0.472 e. The Morgan fingerprint density at radius 3 is 3.11 bits per heavy atom. The zero-order valence-corrected chi connectivity index (χ0v) is 5.16. The van der Waals surface area contributed by atoms with Crippen molar-refractivity contribution in [1.82, 2.24) is 0 Å². The van der Waals surface area contributed by atoms with Crippen LogP contribution in [0, 0.1) is 0 Å². The summed E-state index contributed by atoms with van der Waals surface area (Å²) in [5.41, 5.74) is 0.969. The lowest BCUT2D eigenvalue weighted by atomic mass is 10.4. The van der Waals surface area contributed by atoms with Crippen LogP contribution in [0.15, 0.2) is 23.0 Å². The van der Waals surface area contributed by atoms with E-state index in [2.05, 4.69) is 9.78 Å². The number of rotatable bonds is 3. The van der Waals surface area contributed by atoms with E-state index in [1.54, 1.807) is 12.5 Å². The molecule has 0 N–H and O–H groups in total. The van der Waals surface area contributed by atoms with Gasteiger partial charge in [0, 0.05) is 5.56 Å². The third kappa shape index (κ3) is 1.87. The van der Waals surface area contributed by atoms with Crippen LogP contribution < -0.4 is 0 Å². The molecule has 3 nitrogen and oxygen atoms in total. The summed E-state index contributed by atoms with van der Waals surface area (Å²) in [6.07, 6.45) is 3.20. The quantitative estimate of drug-likeness (QED) is 0.455. The molecule has 0 aliphatic heterocycles. The predicted octanol–water partition coefficient (Wildman–Crippen LogP) is 1.36. The van der Waals surface area contributed by atoms with Crippen LogP contribution in [0.2, 0.25) is 0 Å². The molecule has 3 heteroatoms. The van der Waals surface area contributed by atoms with E-state index in [0.717, 1.165) is 5.56 Å². The lowest BCUT2D eigenvalue weighted by molar-refractivity contribution is -0.282. The molecule has 0 radical (unpaired) electrons. The van der Waals surface area contributed by atoms with Gasteiger partial charge in [-0.3, -0.25) is 0 Å². The Labute approximate surface area is 53.1 Å². The van der Waals surface area contributed by atoms with Crippen molar-refractivity contribution >= 4 is 0 Å². The van der Waals surface area contributed by atoms with Gasteiger partial charge >= 0.3 is 0 Å². The van der Waals surface area contributed by atoms with Crippen molar-refractivity contribution in [2.24, 2.45) is 0 Å². The van der Waals surface area contributed by atoms with Crippen molar-refractivity contribution in [3.05, 3.63) is 24.2 Å². The molecule has 0 amide bonds. The first-order valence-electron chi connectivity index (χ1n) is 2.60. The fourth-order valence-electron chi connectivity index (χ4n) is 0.502. The third-order valence-corrected chi connectivity index (χ3v) is 0.924. The Bertz CT molecular complexity index is 145. The van der Waals surface area contributed by atoms with Gasteiger partial charge < -0.3 is 4.42 Å². The molecule has 0 aromatic carbocycles. The van der Waals surface area contributed by atoms with Gasteiger partial charge in [-0.05, 0) is 6.07 Å². The minimum atomic E-state index is 0.438. The van der Waals surface area contributed by atoms with Crippen molar-refractivity contribution in [3.8, 4) is 0 Å². The van der Waals surface area contributed by atoms with E-state index in [1.165, 1.54) is 7.11 Å². The van der Waals surface area contributed by atoms with E-state index >= 15 is 0 Å². The third-order valence-electron chi connectivity index (χ3n) is 0.924. The second-order valence-electron chi connectivity index (χ2n) is 1.56. The molecule has 0 unspecified atom stereocenters. The molecule has 50 valence electrons. The average Bonchev–Trinajstić information content (AvgIpc) is 2.34. The summed E-state index contributed by atoms with van der Waals surface area (Å²) >= 11 is 0. The zero-order chi connectivity index (χ0) is 6.53. The van der Waals surface area contributed by atoms with Crippen LogP contribution in [0.3, 0.4) is 0 Å². The molecule has 1 aromatic rings. The molecule has 9 heavy (non-hydrogen) atoms. The maximum absolute atomic E-state index is 4.78. The summed E-state index contributed by atoms with van der Waals surface area (Å²) in [4.78, 5) is 8.99. The number of furan rings is 1. The lowest BCUT2D eigenvalue weighted by Gasteiger charge is -1.93. The molecule has 1 rings (SSSR count). The van der Waals surface area contributed by atoms with Crippen molar-refractivity contribution < 1.29 is 14.2 Å². The van der Waals surface area contributed by atoms with Crippen LogP contribution in [0.4, 0.5) is 0 Å². The van der Waals surface area contributed by atoms with Gasteiger partial charge in [0.2, 0.25) is 0 Å². The molecule has 0 saturated heterocycles. The van der Waals surface area contributed by atoms with Gasteiger partial charge in [-0.2, -0.15) is 0 Å². The van der Waals surface area contributed by atoms with Crippen molar-refractivity contribution in [2.45, 2.75) is 6.61 Å². The SMILES string of the molecule is COOCc1ccoc1. The molecule has 0 aliphatic rings. The predicted molar refractivity (Wildman–Crippen MR) is 30.5 cm³/mol.